The molecule has 1 amide bonds. The van der Waals surface area contributed by atoms with E-state index < -0.39 is 5.60 Å². The summed E-state index contributed by atoms with van der Waals surface area (Å²) >= 11 is 1.58. The summed E-state index contributed by atoms with van der Waals surface area (Å²) < 4.78 is 12.8. The smallest absolute Gasteiger partial charge is 0.225 e. The Bertz CT molecular complexity index is 451. The molecule has 0 bridgehead atoms. The SMILES string of the molecule is CSC[C@@](C)(O)CN[C@@H](C)CC(=O)Nc1ccc(F)cc1. The highest BCUT2D eigenvalue weighted by molar-refractivity contribution is 7.98. The minimum Gasteiger partial charge on any atom is -0.388 e. The number of halogens is 1. The Morgan fingerprint density at radius 2 is 2.05 bits per heavy atom. The van der Waals surface area contributed by atoms with Gasteiger partial charge >= 0.3 is 0 Å². The van der Waals surface area contributed by atoms with Crippen LogP contribution >= 0.6 is 11.8 Å². The van der Waals surface area contributed by atoms with E-state index in [1.165, 1.54) is 24.3 Å². The van der Waals surface area contributed by atoms with Crippen LogP contribution in [0.15, 0.2) is 24.3 Å². The lowest BCUT2D eigenvalue weighted by Crippen LogP contribution is -2.44. The molecule has 6 heteroatoms. The van der Waals surface area contributed by atoms with Crippen molar-refractivity contribution >= 4 is 23.4 Å². The predicted molar refractivity (Wildman–Crippen MR) is 86.1 cm³/mol. The van der Waals surface area contributed by atoms with Crippen molar-refractivity contribution in [2.24, 2.45) is 0 Å². The van der Waals surface area contributed by atoms with Crippen LogP contribution < -0.4 is 10.6 Å². The van der Waals surface area contributed by atoms with E-state index in [2.05, 4.69) is 10.6 Å². The molecule has 0 aliphatic rings. The van der Waals surface area contributed by atoms with Gasteiger partial charge in [0.1, 0.15) is 5.82 Å². The first-order valence-electron chi connectivity index (χ1n) is 6.82. The van der Waals surface area contributed by atoms with Crippen LogP contribution in [0.25, 0.3) is 0 Å². The van der Waals surface area contributed by atoms with Gasteiger partial charge < -0.3 is 15.7 Å². The van der Waals surface area contributed by atoms with Gasteiger partial charge in [0.15, 0.2) is 0 Å². The average molecular weight is 314 g/mol. The molecule has 21 heavy (non-hydrogen) atoms. The van der Waals surface area contributed by atoms with Crippen LogP contribution in [0, 0.1) is 5.82 Å². The molecule has 1 aromatic rings. The van der Waals surface area contributed by atoms with Gasteiger partial charge in [-0.05, 0) is 44.4 Å². The maximum Gasteiger partial charge on any atom is 0.225 e. The highest BCUT2D eigenvalue weighted by atomic mass is 32.2. The molecule has 1 aromatic carbocycles. The first-order valence-corrected chi connectivity index (χ1v) is 8.22. The summed E-state index contributed by atoms with van der Waals surface area (Å²) in [6.07, 6.45) is 2.22. The fourth-order valence-corrected chi connectivity index (χ4v) is 2.58. The second-order valence-corrected chi connectivity index (χ2v) is 6.34. The summed E-state index contributed by atoms with van der Waals surface area (Å²) in [5, 5.41) is 15.9. The largest absolute Gasteiger partial charge is 0.388 e. The van der Waals surface area contributed by atoms with Gasteiger partial charge in [0.2, 0.25) is 5.91 Å². The zero-order valence-corrected chi connectivity index (χ0v) is 13.5. The van der Waals surface area contributed by atoms with E-state index in [4.69, 9.17) is 0 Å². The van der Waals surface area contributed by atoms with Crippen molar-refractivity contribution < 1.29 is 14.3 Å². The number of amides is 1. The molecule has 1 rings (SSSR count). The standard InChI is InChI=1S/C15H23FN2O2S/c1-11(17-9-15(2,20)10-21-3)8-14(19)18-13-6-4-12(16)5-7-13/h4-7,11,17,20H,8-10H2,1-3H3,(H,18,19)/t11-,15-/m0/s1. The summed E-state index contributed by atoms with van der Waals surface area (Å²) in [5.74, 6) is 0.152. The Kier molecular flexibility index (Phi) is 7.14. The molecular weight excluding hydrogens is 291 g/mol. The number of benzene rings is 1. The fraction of sp³-hybridized carbons (Fsp3) is 0.533. The molecule has 0 heterocycles. The number of aliphatic hydroxyl groups is 1. The van der Waals surface area contributed by atoms with Crippen molar-refractivity contribution in [1.29, 1.82) is 0 Å². The van der Waals surface area contributed by atoms with E-state index in [0.29, 0.717) is 18.0 Å². The molecule has 0 aromatic heterocycles. The minimum atomic E-state index is -0.791. The molecule has 0 radical (unpaired) electrons. The van der Waals surface area contributed by atoms with Crippen molar-refractivity contribution in [3.63, 3.8) is 0 Å². The third-order valence-corrected chi connectivity index (χ3v) is 3.82. The quantitative estimate of drug-likeness (QED) is 0.689. The molecule has 4 nitrogen and oxygen atoms in total. The summed E-state index contributed by atoms with van der Waals surface area (Å²) in [6, 6.07) is 5.59. The Labute approximate surface area is 129 Å². The molecule has 0 unspecified atom stereocenters. The molecule has 0 aliphatic carbocycles. The second-order valence-electron chi connectivity index (χ2n) is 5.47. The van der Waals surface area contributed by atoms with Crippen LogP contribution in [0.1, 0.15) is 20.3 Å². The van der Waals surface area contributed by atoms with Crippen molar-refractivity contribution in [3.8, 4) is 0 Å². The second kappa shape index (κ2) is 8.36. The van der Waals surface area contributed by atoms with E-state index in [9.17, 15) is 14.3 Å². The maximum atomic E-state index is 12.8. The molecule has 3 N–H and O–H groups in total. The van der Waals surface area contributed by atoms with E-state index in [-0.39, 0.29) is 24.2 Å². The summed E-state index contributed by atoms with van der Waals surface area (Å²) in [7, 11) is 0. The number of hydrogen-bond acceptors (Lipinski definition) is 4. The molecule has 0 aliphatic heterocycles. The maximum absolute atomic E-state index is 12.8. The highest BCUT2D eigenvalue weighted by Gasteiger charge is 2.20. The van der Waals surface area contributed by atoms with E-state index >= 15 is 0 Å². The third kappa shape index (κ3) is 7.45. The molecule has 0 saturated carbocycles. The summed E-state index contributed by atoms with van der Waals surface area (Å²) in [4.78, 5) is 11.8. The van der Waals surface area contributed by atoms with Crippen LogP contribution in [-0.4, -0.2) is 41.2 Å². The van der Waals surface area contributed by atoms with Crippen molar-refractivity contribution in [2.75, 3.05) is 23.9 Å². The first-order chi connectivity index (χ1) is 9.82. The summed E-state index contributed by atoms with van der Waals surface area (Å²) in [5.41, 5.74) is -0.218. The normalized spacial score (nSPS) is 15.3. The van der Waals surface area contributed by atoms with Crippen LogP contribution in [0.4, 0.5) is 10.1 Å². The van der Waals surface area contributed by atoms with E-state index in [1.54, 1.807) is 18.7 Å². The lowest BCUT2D eigenvalue weighted by atomic mass is 10.1. The number of rotatable bonds is 8. The van der Waals surface area contributed by atoms with Gasteiger partial charge in [-0.1, -0.05) is 0 Å². The van der Waals surface area contributed by atoms with E-state index in [1.807, 2.05) is 13.2 Å². The van der Waals surface area contributed by atoms with Gasteiger partial charge in [-0.2, -0.15) is 11.8 Å². The third-order valence-electron chi connectivity index (χ3n) is 2.91. The van der Waals surface area contributed by atoms with Crippen molar-refractivity contribution in [3.05, 3.63) is 30.1 Å². The Hall–Kier alpha value is -1.11. The van der Waals surface area contributed by atoms with Gasteiger partial charge in [0, 0.05) is 30.4 Å². The number of nitrogens with one attached hydrogen (secondary N) is 2. The Morgan fingerprint density at radius 1 is 1.43 bits per heavy atom. The van der Waals surface area contributed by atoms with Crippen LogP contribution in [0.2, 0.25) is 0 Å². The van der Waals surface area contributed by atoms with Crippen LogP contribution in [0.5, 0.6) is 0 Å². The fourth-order valence-electron chi connectivity index (χ4n) is 1.85. The van der Waals surface area contributed by atoms with Crippen LogP contribution in [0.3, 0.4) is 0 Å². The first kappa shape index (κ1) is 17.9. The van der Waals surface area contributed by atoms with Crippen LogP contribution in [-0.2, 0) is 4.79 Å². The number of hydrogen-bond donors (Lipinski definition) is 3. The molecule has 0 fully saturated rings. The van der Waals surface area contributed by atoms with Gasteiger partial charge in [-0.25, -0.2) is 4.39 Å². The number of thioether (sulfide) groups is 1. The summed E-state index contributed by atoms with van der Waals surface area (Å²) in [6.45, 7) is 4.08. The predicted octanol–water partition coefficient (Wildman–Crippen LogP) is 2.25. The monoisotopic (exact) mass is 314 g/mol. The molecule has 2 atom stereocenters. The van der Waals surface area contributed by atoms with Crippen molar-refractivity contribution in [1.82, 2.24) is 5.32 Å². The topological polar surface area (TPSA) is 61.4 Å². The lowest BCUT2D eigenvalue weighted by Gasteiger charge is -2.25. The zero-order valence-electron chi connectivity index (χ0n) is 12.6. The molecule has 118 valence electrons. The van der Waals surface area contributed by atoms with Crippen molar-refractivity contribution in [2.45, 2.75) is 31.9 Å². The molecule has 0 saturated heterocycles. The number of carbonyl (C=O) groups excluding carboxylic acids is 1. The van der Waals surface area contributed by atoms with Gasteiger partial charge in [-0.3, -0.25) is 4.79 Å². The minimum absolute atomic E-state index is 0.0567. The van der Waals surface area contributed by atoms with Gasteiger partial charge in [0.05, 0.1) is 5.60 Å². The lowest BCUT2D eigenvalue weighted by molar-refractivity contribution is -0.116. The Balaban J connectivity index is 2.35. The highest BCUT2D eigenvalue weighted by Crippen LogP contribution is 2.11. The average Bonchev–Trinajstić information content (AvgIpc) is 2.39. The van der Waals surface area contributed by atoms with E-state index in [0.717, 1.165) is 0 Å². The number of anilines is 1. The van der Waals surface area contributed by atoms with Gasteiger partial charge in [-0.15, -0.1) is 0 Å². The van der Waals surface area contributed by atoms with Gasteiger partial charge in [0.25, 0.3) is 0 Å². The molecule has 0 spiro atoms. The zero-order chi connectivity index (χ0) is 15.9. The number of carbonyl (C=O) groups is 1. The Morgan fingerprint density at radius 3 is 2.62 bits per heavy atom. The molecular formula is C15H23FN2O2S.